The summed E-state index contributed by atoms with van der Waals surface area (Å²) >= 11 is 0. The Labute approximate surface area is 131 Å². The van der Waals surface area contributed by atoms with E-state index in [1.54, 1.807) is 0 Å². The van der Waals surface area contributed by atoms with Gasteiger partial charge in [-0.2, -0.15) is 0 Å². The molecule has 1 aromatic rings. The molecule has 2 heteroatoms. The highest BCUT2D eigenvalue weighted by Gasteiger charge is 2.09. The smallest absolute Gasteiger partial charge is 0.0236 e. The quantitative estimate of drug-likeness (QED) is 0.634. The average molecular weight is 290 g/mol. The van der Waals surface area contributed by atoms with E-state index in [9.17, 15) is 0 Å². The van der Waals surface area contributed by atoms with Gasteiger partial charge in [0.05, 0.1) is 0 Å². The Balaban J connectivity index is 2.51. The van der Waals surface area contributed by atoms with Gasteiger partial charge in [-0.25, -0.2) is 0 Å². The molecule has 0 saturated carbocycles. The number of nitrogens with one attached hydrogen (secondary N) is 1. The predicted molar refractivity (Wildman–Crippen MR) is 93.5 cm³/mol. The van der Waals surface area contributed by atoms with E-state index in [4.69, 9.17) is 0 Å². The molecule has 0 aliphatic rings. The van der Waals surface area contributed by atoms with Crippen LogP contribution in [0.25, 0.3) is 0 Å². The summed E-state index contributed by atoms with van der Waals surface area (Å²) < 4.78 is 0. The van der Waals surface area contributed by atoms with Gasteiger partial charge < -0.3 is 5.32 Å². The van der Waals surface area contributed by atoms with Gasteiger partial charge >= 0.3 is 0 Å². The van der Waals surface area contributed by atoms with Crippen LogP contribution in [0.3, 0.4) is 0 Å². The van der Waals surface area contributed by atoms with Crippen molar-refractivity contribution in [3.8, 4) is 0 Å². The third-order valence-electron chi connectivity index (χ3n) is 3.90. The van der Waals surface area contributed by atoms with Gasteiger partial charge in [0.1, 0.15) is 0 Å². The molecular formula is C19H34N2. The van der Waals surface area contributed by atoms with Crippen molar-refractivity contribution in [2.75, 3.05) is 6.54 Å². The van der Waals surface area contributed by atoms with Gasteiger partial charge in [-0.15, -0.1) is 0 Å². The molecule has 1 N–H and O–H groups in total. The SMILES string of the molecule is CCCCCN(Cc1ccc(CNC(C)C)cc1)C(C)C. The Morgan fingerprint density at radius 2 is 1.57 bits per heavy atom. The Kier molecular flexibility index (Phi) is 8.63. The van der Waals surface area contributed by atoms with Crippen molar-refractivity contribution < 1.29 is 0 Å². The number of nitrogens with zero attached hydrogens (tertiary/aromatic N) is 1. The lowest BCUT2D eigenvalue weighted by Crippen LogP contribution is -2.31. The first-order chi connectivity index (χ1) is 10.0. The maximum atomic E-state index is 3.46. The van der Waals surface area contributed by atoms with Gasteiger partial charge in [0.15, 0.2) is 0 Å². The van der Waals surface area contributed by atoms with E-state index in [-0.39, 0.29) is 0 Å². The number of hydrogen-bond acceptors (Lipinski definition) is 2. The zero-order valence-corrected chi connectivity index (χ0v) is 14.7. The summed E-state index contributed by atoms with van der Waals surface area (Å²) in [5.74, 6) is 0. The Morgan fingerprint density at radius 1 is 0.952 bits per heavy atom. The number of rotatable bonds is 10. The molecule has 0 aromatic heterocycles. The second-order valence-electron chi connectivity index (χ2n) is 6.62. The molecule has 0 saturated heterocycles. The fourth-order valence-electron chi connectivity index (χ4n) is 2.40. The molecule has 0 heterocycles. The molecule has 0 atom stereocenters. The monoisotopic (exact) mass is 290 g/mol. The minimum absolute atomic E-state index is 0.541. The highest BCUT2D eigenvalue weighted by Crippen LogP contribution is 2.12. The number of benzene rings is 1. The minimum Gasteiger partial charge on any atom is -0.310 e. The van der Waals surface area contributed by atoms with E-state index in [1.807, 2.05) is 0 Å². The first-order valence-corrected chi connectivity index (χ1v) is 8.58. The van der Waals surface area contributed by atoms with Gasteiger partial charge in [-0.3, -0.25) is 4.90 Å². The topological polar surface area (TPSA) is 15.3 Å². The van der Waals surface area contributed by atoms with Gasteiger partial charge in [-0.05, 0) is 37.9 Å². The second kappa shape index (κ2) is 9.97. The van der Waals surface area contributed by atoms with Crippen LogP contribution < -0.4 is 5.32 Å². The molecule has 2 nitrogen and oxygen atoms in total. The van der Waals surface area contributed by atoms with Crippen molar-refractivity contribution in [3.05, 3.63) is 35.4 Å². The van der Waals surface area contributed by atoms with Crippen molar-refractivity contribution in [1.29, 1.82) is 0 Å². The lowest BCUT2D eigenvalue weighted by molar-refractivity contribution is 0.208. The fourth-order valence-corrected chi connectivity index (χ4v) is 2.40. The summed E-state index contributed by atoms with van der Waals surface area (Å²) in [6.07, 6.45) is 3.94. The molecule has 1 rings (SSSR count). The largest absolute Gasteiger partial charge is 0.310 e. The van der Waals surface area contributed by atoms with Crippen molar-refractivity contribution in [3.63, 3.8) is 0 Å². The summed E-state index contributed by atoms with van der Waals surface area (Å²) in [6, 6.07) is 10.2. The number of unbranched alkanes of at least 4 members (excludes halogenated alkanes) is 2. The Bertz CT molecular complexity index is 368. The van der Waals surface area contributed by atoms with Crippen LogP contribution in [-0.2, 0) is 13.1 Å². The summed E-state index contributed by atoms with van der Waals surface area (Å²) in [7, 11) is 0. The summed E-state index contributed by atoms with van der Waals surface area (Å²) in [5.41, 5.74) is 2.79. The van der Waals surface area contributed by atoms with Crippen molar-refractivity contribution in [2.24, 2.45) is 0 Å². The van der Waals surface area contributed by atoms with Crippen LogP contribution in [0, 0.1) is 0 Å². The predicted octanol–water partition coefficient (Wildman–Crippen LogP) is 4.59. The highest BCUT2D eigenvalue weighted by atomic mass is 15.1. The maximum absolute atomic E-state index is 3.46. The third-order valence-corrected chi connectivity index (χ3v) is 3.90. The summed E-state index contributed by atoms with van der Waals surface area (Å²) in [6.45, 7) is 14.5. The minimum atomic E-state index is 0.541. The van der Waals surface area contributed by atoms with Crippen LogP contribution in [0.2, 0.25) is 0 Å². The van der Waals surface area contributed by atoms with Crippen LogP contribution >= 0.6 is 0 Å². The van der Waals surface area contributed by atoms with E-state index in [1.165, 1.54) is 36.9 Å². The Hall–Kier alpha value is -0.860. The molecule has 0 spiro atoms. The zero-order chi connectivity index (χ0) is 15.7. The first kappa shape index (κ1) is 18.2. The van der Waals surface area contributed by atoms with Crippen molar-refractivity contribution in [1.82, 2.24) is 10.2 Å². The molecule has 0 aliphatic carbocycles. The van der Waals surface area contributed by atoms with Crippen molar-refractivity contribution >= 4 is 0 Å². The molecule has 0 fully saturated rings. The summed E-state index contributed by atoms with van der Waals surface area (Å²) in [5, 5.41) is 3.46. The molecule has 1 aromatic carbocycles. The summed E-state index contributed by atoms with van der Waals surface area (Å²) in [4.78, 5) is 2.58. The highest BCUT2D eigenvalue weighted by molar-refractivity contribution is 5.22. The molecule has 21 heavy (non-hydrogen) atoms. The van der Waals surface area contributed by atoms with Crippen LogP contribution in [0.4, 0.5) is 0 Å². The molecule has 0 unspecified atom stereocenters. The standard InChI is InChI=1S/C19H34N2/c1-6-7-8-13-21(17(4)5)15-19-11-9-18(10-12-19)14-20-16(2)3/h9-12,16-17,20H,6-8,13-15H2,1-5H3. The first-order valence-electron chi connectivity index (χ1n) is 8.58. The lowest BCUT2D eigenvalue weighted by atomic mass is 10.1. The molecule has 0 radical (unpaired) electrons. The van der Waals surface area contributed by atoms with Crippen LogP contribution in [0.1, 0.15) is 65.0 Å². The van der Waals surface area contributed by atoms with E-state index < -0.39 is 0 Å². The fraction of sp³-hybridized carbons (Fsp3) is 0.684. The van der Waals surface area contributed by atoms with Gasteiger partial charge in [-0.1, -0.05) is 57.9 Å². The molecule has 120 valence electrons. The van der Waals surface area contributed by atoms with E-state index in [0.29, 0.717) is 12.1 Å². The van der Waals surface area contributed by atoms with E-state index in [2.05, 4.69) is 69.1 Å². The van der Waals surface area contributed by atoms with E-state index >= 15 is 0 Å². The van der Waals surface area contributed by atoms with Gasteiger partial charge in [0, 0.05) is 25.2 Å². The number of hydrogen-bond donors (Lipinski definition) is 1. The van der Waals surface area contributed by atoms with Gasteiger partial charge in [0.2, 0.25) is 0 Å². The average Bonchev–Trinajstić information content (AvgIpc) is 2.45. The van der Waals surface area contributed by atoms with Crippen LogP contribution in [-0.4, -0.2) is 23.5 Å². The maximum Gasteiger partial charge on any atom is 0.0236 e. The van der Waals surface area contributed by atoms with Gasteiger partial charge in [0.25, 0.3) is 0 Å². The zero-order valence-electron chi connectivity index (χ0n) is 14.7. The second-order valence-corrected chi connectivity index (χ2v) is 6.62. The molecule has 0 amide bonds. The molecular weight excluding hydrogens is 256 g/mol. The molecule has 0 bridgehead atoms. The normalized spacial score (nSPS) is 11.8. The van der Waals surface area contributed by atoms with Crippen molar-refractivity contribution in [2.45, 2.75) is 79.1 Å². The lowest BCUT2D eigenvalue weighted by Gasteiger charge is -2.26. The van der Waals surface area contributed by atoms with Crippen LogP contribution in [0.5, 0.6) is 0 Å². The Morgan fingerprint density at radius 3 is 2.10 bits per heavy atom. The third kappa shape index (κ3) is 7.63. The van der Waals surface area contributed by atoms with E-state index in [0.717, 1.165) is 13.1 Å². The van der Waals surface area contributed by atoms with Crippen LogP contribution in [0.15, 0.2) is 24.3 Å². The molecule has 0 aliphatic heterocycles.